The van der Waals surface area contributed by atoms with Crippen LogP contribution in [0, 0.1) is 0 Å². The zero-order chi connectivity index (χ0) is 19.5. The molecule has 0 aromatic heterocycles. The molecule has 0 amide bonds. The molecule has 0 heterocycles. The van der Waals surface area contributed by atoms with E-state index in [1.807, 2.05) is 6.07 Å². The fourth-order valence-corrected chi connectivity index (χ4v) is 2.81. The number of phenols is 1. The molecule has 5 heteroatoms. The van der Waals surface area contributed by atoms with Gasteiger partial charge in [-0.05, 0) is 25.0 Å². The fraction of sp³-hybridized carbons (Fsp3) is 0.364. The number of carboxylic acids is 1. The Morgan fingerprint density at radius 1 is 0.852 bits per heavy atom. The van der Waals surface area contributed by atoms with Crippen LogP contribution in [0.15, 0.2) is 48.5 Å². The molecule has 2 aromatic rings. The van der Waals surface area contributed by atoms with Crippen molar-refractivity contribution in [3.63, 3.8) is 0 Å². The number of benzene rings is 2. The van der Waals surface area contributed by atoms with Crippen LogP contribution in [0.4, 0.5) is 0 Å². The molecule has 0 aliphatic heterocycles. The lowest BCUT2D eigenvalue weighted by Crippen LogP contribution is -2.02. The highest BCUT2D eigenvalue weighted by Crippen LogP contribution is 2.26. The molecule has 5 nitrogen and oxygen atoms in total. The molecule has 27 heavy (non-hydrogen) atoms. The number of rotatable bonds is 12. The number of hydrogen-bond acceptors (Lipinski definition) is 4. The summed E-state index contributed by atoms with van der Waals surface area (Å²) in [6.45, 7) is 0.542. The van der Waals surface area contributed by atoms with Crippen molar-refractivity contribution in [2.75, 3.05) is 6.61 Å². The van der Waals surface area contributed by atoms with Gasteiger partial charge in [0.2, 0.25) is 0 Å². The summed E-state index contributed by atoms with van der Waals surface area (Å²) in [6, 6.07) is 13.6. The largest absolute Gasteiger partial charge is 0.507 e. The SMILES string of the molecule is O=C(O)CCCCCCCCOc1ccc(C(=O)c2ccccc2)c(O)c1. The van der Waals surface area contributed by atoms with E-state index in [9.17, 15) is 14.7 Å². The number of unbranched alkanes of at least 4 members (excludes halogenated alkanes) is 5. The lowest BCUT2D eigenvalue weighted by molar-refractivity contribution is -0.137. The minimum Gasteiger partial charge on any atom is -0.507 e. The van der Waals surface area contributed by atoms with Crippen molar-refractivity contribution in [2.24, 2.45) is 0 Å². The Hall–Kier alpha value is -2.82. The van der Waals surface area contributed by atoms with Crippen molar-refractivity contribution in [1.82, 2.24) is 0 Å². The monoisotopic (exact) mass is 370 g/mol. The van der Waals surface area contributed by atoms with Crippen LogP contribution in [0.1, 0.15) is 60.9 Å². The molecule has 0 atom stereocenters. The standard InChI is InChI=1S/C22H26O5/c23-20-16-18(27-15-9-4-2-1-3-8-12-21(24)25)13-14-19(20)22(26)17-10-6-5-7-11-17/h5-7,10-11,13-14,16,23H,1-4,8-9,12,15H2,(H,24,25). The molecule has 0 aliphatic carbocycles. The summed E-state index contributed by atoms with van der Waals surface area (Å²) in [5.41, 5.74) is 0.791. The minimum atomic E-state index is -0.733. The Morgan fingerprint density at radius 3 is 2.19 bits per heavy atom. The minimum absolute atomic E-state index is 0.0835. The van der Waals surface area contributed by atoms with E-state index in [2.05, 4.69) is 0 Å². The van der Waals surface area contributed by atoms with Gasteiger partial charge in [-0.1, -0.05) is 56.0 Å². The van der Waals surface area contributed by atoms with Crippen molar-refractivity contribution < 1.29 is 24.5 Å². The van der Waals surface area contributed by atoms with Crippen molar-refractivity contribution in [3.05, 3.63) is 59.7 Å². The molecule has 0 unspecified atom stereocenters. The first-order valence-corrected chi connectivity index (χ1v) is 9.35. The molecule has 0 bridgehead atoms. The highest BCUT2D eigenvalue weighted by Gasteiger charge is 2.13. The van der Waals surface area contributed by atoms with Gasteiger partial charge in [-0.2, -0.15) is 0 Å². The normalized spacial score (nSPS) is 10.5. The number of phenolic OH excluding ortho intramolecular Hbond substituents is 1. The van der Waals surface area contributed by atoms with Crippen LogP contribution in [0.5, 0.6) is 11.5 Å². The number of aliphatic carboxylic acids is 1. The third kappa shape index (κ3) is 7.13. The zero-order valence-electron chi connectivity index (χ0n) is 15.4. The van der Waals surface area contributed by atoms with Crippen molar-refractivity contribution in [2.45, 2.75) is 44.9 Å². The lowest BCUT2D eigenvalue weighted by Gasteiger charge is -2.09. The maximum absolute atomic E-state index is 12.4. The summed E-state index contributed by atoms with van der Waals surface area (Å²) in [4.78, 5) is 22.8. The molecular formula is C22H26O5. The summed E-state index contributed by atoms with van der Waals surface area (Å²) < 4.78 is 5.64. The number of carboxylic acid groups (broad SMARTS) is 1. The second-order valence-corrected chi connectivity index (χ2v) is 6.49. The Labute approximate surface area is 159 Å². The van der Waals surface area contributed by atoms with E-state index in [0.717, 1.165) is 38.5 Å². The molecule has 144 valence electrons. The second kappa shape index (κ2) is 11.0. The van der Waals surface area contributed by atoms with Crippen molar-refractivity contribution in [3.8, 4) is 11.5 Å². The number of ketones is 1. The van der Waals surface area contributed by atoms with E-state index in [1.54, 1.807) is 36.4 Å². The third-order valence-corrected chi connectivity index (χ3v) is 4.30. The van der Waals surface area contributed by atoms with E-state index < -0.39 is 5.97 Å². The molecule has 0 saturated carbocycles. The number of hydrogen-bond donors (Lipinski definition) is 2. The number of carbonyl (C=O) groups is 2. The summed E-state index contributed by atoms with van der Waals surface area (Å²) in [6.07, 6.45) is 5.92. The van der Waals surface area contributed by atoms with Gasteiger partial charge in [-0.25, -0.2) is 0 Å². The van der Waals surface area contributed by atoms with Crippen LogP contribution >= 0.6 is 0 Å². The maximum atomic E-state index is 12.4. The van der Waals surface area contributed by atoms with Gasteiger partial charge in [0, 0.05) is 18.1 Å². The summed E-state index contributed by atoms with van der Waals surface area (Å²) >= 11 is 0. The molecule has 0 aliphatic rings. The second-order valence-electron chi connectivity index (χ2n) is 6.49. The highest BCUT2D eigenvalue weighted by molar-refractivity contribution is 6.10. The van der Waals surface area contributed by atoms with E-state index >= 15 is 0 Å². The molecule has 2 aromatic carbocycles. The lowest BCUT2D eigenvalue weighted by atomic mass is 10.0. The van der Waals surface area contributed by atoms with Gasteiger partial charge in [0.25, 0.3) is 0 Å². The van der Waals surface area contributed by atoms with Crippen molar-refractivity contribution in [1.29, 1.82) is 0 Å². The highest BCUT2D eigenvalue weighted by atomic mass is 16.5. The molecule has 0 radical (unpaired) electrons. The summed E-state index contributed by atoms with van der Waals surface area (Å²) in [5.74, 6) is -0.496. The first-order chi connectivity index (χ1) is 13.1. The van der Waals surface area contributed by atoms with Crippen LogP contribution in [-0.4, -0.2) is 28.6 Å². The van der Waals surface area contributed by atoms with Crippen LogP contribution in [0.2, 0.25) is 0 Å². The average Bonchev–Trinajstić information content (AvgIpc) is 2.67. The average molecular weight is 370 g/mol. The van der Waals surface area contributed by atoms with Crippen LogP contribution in [0.3, 0.4) is 0 Å². The summed E-state index contributed by atoms with van der Waals surface area (Å²) in [5, 5.41) is 18.7. The van der Waals surface area contributed by atoms with Crippen LogP contribution in [-0.2, 0) is 4.79 Å². The number of ether oxygens (including phenoxy) is 1. The number of carbonyl (C=O) groups excluding carboxylic acids is 1. The molecule has 2 N–H and O–H groups in total. The predicted octanol–water partition coefficient (Wildman–Crippen LogP) is 4.82. The van der Waals surface area contributed by atoms with Crippen molar-refractivity contribution >= 4 is 11.8 Å². The Bertz CT molecular complexity index is 740. The molecule has 0 fully saturated rings. The van der Waals surface area contributed by atoms with Gasteiger partial charge in [0.15, 0.2) is 5.78 Å². The Balaban J connectivity index is 1.70. The van der Waals surface area contributed by atoms with E-state index in [-0.39, 0.29) is 23.5 Å². The van der Waals surface area contributed by atoms with E-state index in [0.29, 0.717) is 17.9 Å². The number of aromatic hydroxyl groups is 1. The predicted molar refractivity (Wildman–Crippen MR) is 103 cm³/mol. The van der Waals surface area contributed by atoms with Gasteiger partial charge < -0.3 is 14.9 Å². The quantitative estimate of drug-likeness (QED) is 0.413. The van der Waals surface area contributed by atoms with Gasteiger partial charge in [-0.15, -0.1) is 0 Å². The first kappa shape index (κ1) is 20.5. The molecule has 0 spiro atoms. The smallest absolute Gasteiger partial charge is 0.303 e. The molecule has 2 rings (SSSR count). The fourth-order valence-electron chi connectivity index (χ4n) is 2.81. The van der Waals surface area contributed by atoms with Gasteiger partial charge in [-0.3, -0.25) is 9.59 Å². The zero-order valence-corrected chi connectivity index (χ0v) is 15.4. The maximum Gasteiger partial charge on any atom is 0.303 e. The Kier molecular flexibility index (Phi) is 8.36. The molecule has 0 saturated heterocycles. The van der Waals surface area contributed by atoms with Crippen LogP contribution < -0.4 is 4.74 Å². The first-order valence-electron chi connectivity index (χ1n) is 9.35. The molecular weight excluding hydrogens is 344 g/mol. The third-order valence-electron chi connectivity index (χ3n) is 4.30. The Morgan fingerprint density at radius 2 is 1.52 bits per heavy atom. The van der Waals surface area contributed by atoms with Gasteiger partial charge in [0.1, 0.15) is 11.5 Å². The van der Waals surface area contributed by atoms with E-state index in [1.165, 1.54) is 6.07 Å². The summed E-state index contributed by atoms with van der Waals surface area (Å²) in [7, 11) is 0. The van der Waals surface area contributed by atoms with Gasteiger partial charge in [0.05, 0.1) is 12.2 Å². The van der Waals surface area contributed by atoms with E-state index in [4.69, 9.17) is 9.84 Å². The van der Waals surface area contributed by atoms with Crippen LogP contribution in [0.25, 0.3) is 0 Å². The topological polar surface area (TPSA) is 83.8 Å². The van der Waals surface area contributed by atoms with Gasteiger partial charge >= 0.3 is 5.97 Å².